The van der Waals surface area contributed by atoms with E-state index in [4.69, 9.17) is 16.7 Å². The summed E-state index contributed by atoms with van der Waals surface area (Å²) in [6.07, 6.45) is -0.536. The molecule has 0 aliphatic heterocycles. The van der Waals surface area contributed by atoms with Gasteiger partial charge in [0.15, 0.2) is 5.82 Å². The summed E-state index contributed by atoms with van der Waals surface area (Å²) in [4.78, 5) is 22.2. The van der Waals surface area contributed by atoms with Gasteiger partial charge in [-0.2, -0.15) is 0 Å². The quantitative estimate of drug-likeness (QED) is 0.765. The number of amides is 1. The molecule has 5 nitrogen and oxygen atoms in total. The minimum absolute atomic E-state index is 0.190. The van der Waals surface area contributed by atoms with Crippen molar-refractivity contribution in [3.05, 3.63) is 34.6 Å². The lowest BCUT2D eigenvalue weighted by Crippen LogP contribution is -2.42. The van der Waals surface area contributed by atoms with Crippen molar-refractivity contribution in [2.24, 2.45) is 0 Å². The molecule has 1 aromatic carbocycles. The van der Waals surface area contributed by atoms with E-state index in [0.717, 1.165) is 0 Å². The van der Waals surface area contributed by atoms with Gasteiger partial charge in [-0.05, 0) is 19.1 Å². The molecule has 3 N–H and O–H groups in total. The molecule has 1 unspecified atom stereocenters. The van der Waals surface area contributed by atoms with E-state index in [1.54, 1.807) is 0 Å². The first-order chi connectivity index (χ1) is 8.73. The summed E-state index contributed by atoms with van der Waals surface area (Å²) < 4.78 is 13.5. The summed E-state index contributed by atoms with van der Waals surface area (Å²) in [5.41, 5.74) is -1.88. The number of aliphatic carboxylic acids is 1. The van der Waals surface area contributed by atoms with Crippen molar-refractivity contribution in [2.45, 2.75) is 18.9 Å². The van der Waals surface area contributed by atoms with Crippen LogP contribution in [0.3, 0.4) is 0 Å². The zero-order valence-corrected chi connectivity index (χ0v) is 10.9. The van der Waals surface area contributed by atoms with Crippen molar-refractivity contribution in [3.63, 3.8) is 0 Å². The molecule has 0 aromatic heterocycles. The van der Waals surface area contributed by atoms with Gasteiger partial charge in [-0.25, -0.2) is 4.39 Å². The van der Waals surface area contributed by atoms with Gasteiger partial charge in [0, 0.05) is 6.54 Å². The lowest BCUT2D eigenvalue weighted by molar-refractivity contribution is -0.141. The molecule has 0 saturated carbocycles. The first-order valence-electron chi connectivity index (χ1n) is 5.39. The highest BCUT2D eigenvalue weighted by Crippen LogP contribution is 2.18. The fourth-order valence-electron chi connectivity index (χ4n) is 1.43. The summed E-state index contributed by atoms with van der Waals surface area (Å²) >= 11 is 5.53. The Morgan fingerprint density at radius 2 is 2.11 bits per heavy atom. The highest BCUT2D eigenvalue weighted by Gasteiger charge is 2.25. The van der Waals surface area contributed by atoms with Gasteiger partial charge in [0.25, 0.3) is 5.91 Å². The summed E-state index contributed by atoms with van der Waals surface area (Å²) in [5.74, 6) is -2.83. The Morgan fingerprint density at radius 1 is 1.47 bits per heavy atom. The molecule has 1 rings (SSSR count). The van der Waals surface area contributed by atoms with Crippen LogP contribution < -0.4 is 5.32 Å². The second-order valence-corrected chi connectivity index (χ2v) is 4.76. The van der Waals surface area contributed by atoms with Gasteiger partial charge < -0.3 is 15.5 Å². The van der Waals surface area contributed by atoms with Gasteiger partial charge >= 0.3 is 5.97 Å². The average Bonchev–Trinajstić information content (AvgIpc) is 2.28. The van der Waals surface area contributed by atoms with Gasteiger partial charge in [-0.1, -0.05) is 17.7 Å². The molecule has 19 heavy (non-hydrogen) atoms. The van der Waals surface area contributed by atoms with Crippen LogP contribution in [0.4, 0.5) is 4.39 Å². The number of halogens is 2. The van der Waals surface area contributed by atoms with Gasteiger partial charge in [-0.3, -0.25) is 9.59 Å². The Morgan fingerprint density at radius 3 is 2.68 bits per heavy atom. The van der Waals surface area contributed by atoms with Crippen LogP contribution in [-0.2, 0) is 4.79 Å². The second-order valence-electron chi connectivity index (χ2n) is 4.35. The maximum Gasteiger partial charge on any atom is 0.306 e. The third-order valence-electron chi connectivity index (χ3n) is 2.36. The number of carbonyl (C=O) groups is 2. The predicted molar refractivity (Wildman–Crippen MR) is 66.6 cm³/mol. The topological polar surface area (TPSA) is 86.6 Å². The minimum Gasteiger partial charge on any atom is -0.481 e. The zero-order valence-electron chi connectivity index (χ0n) is 10.1. The van der Waals surface area contributed by atoms with Crippen molar-refractivity contribution in [3.8, 4) is 0 Å². The van der Waals surface area contributed by atoms with Crippen molar-refractivity contribution >= 4 is 23.5 Å². The fourth-order valence-corrected chi connectivity index (χ4v) is 1.61. The van der Waals surface area contributed by atoms with Crippen LogP contribution in [0.2, 0.25) is 5.02 Å². The molecule has 0 heterocycles. The molecule has 1 aromatic rings. The third-order valence-corrected chi connectivity index (χ3v) is 2.65. The van der Waals surface area contributed by atoms with E-state index < -0.39 is 29.7 Å². The molecule has 0 radical (unpaired) electrons. The molecule has 7 heteroatoms. The van der Waals surface area contributed by atoms with Crippen LogP contribution in [0.25, 0.3) is 0 Å². The standard InChI is InChI=1S/C12H13ClFNO4/c1-12(19,5-9(16)17)6-15-11(18)7-3-2-4-8(13)10(7)14/h2-4,19H,5-6H2,1H3,(H,15,18)(H,16,17). The predicted octanol–water partition coefficient (Wildman–Crippen LogP) is 1.43. The zero-order chi connectivity index (χ0) is 14.6. The van der Waals surface area contributed by atoms with Crippen LogP contribution in [0.5, 0.6) is 0 Å². The Bertz CT molecular complexity index is 505. The molecule has 0 aliphatic rings. The normalized spacial score (nSPS) is 13.7. The fraction of sp³-hybridized carbons (Fsp3) is 0.333. The van der Waals surface area contributed by atoms with Crippen molar-refractivity contribution in [2.75, 3.05) is 6.54 Å². The highest BCUT2D eigenvalue weighted by molar-refractivity contribution is 6.31. The number of hydrogen-bond donors (Lipinski definition) is 3. The van der Waals surface area contributed by atoms with Crippen molar-refractivity contribution < 1.29 is 24.2 Å². The lowest BCUT2D eigenvalue weighted by Gasteiger charge is -2.21. The summed E-state index contributed by atoms with van der Waals surface area (Å²) in [6.45, 7) is 0.944. The lowest BCUT2D eigenvalue weighted by atomic mass is 10.0. The maximum atomic E-state index is 13.5. The van der Waals surface area contributed by atoms with Crippen LogP contribution in [0.15, 0.2) is 18.2 Å². The van der Waals surface area contributed by atoms with Gasteiger partial charge in [-0.15, -0.1) is 0 Å². The number of carboxylic acid groups (broad SMARTS) is 1. The van der Waals surface area contributed by atoms with E-state index >= 15 is 0 Å². The molecule has 0 bridgehead atoms. The molecule has 0 aliphatic carbocycles. The SMILES string of the molecule is CC(O)(CNC(=O)c1cccc(Cl)c1F)CC(=O)O. The third kappa shape index (κ3) is 4.50. The number of carbonyl (C=O) groups excluding carboxylic acids is 1. The molecular formula is C12H13ClFNO4. The first kappa shape index (κ1) is 15.4. The number of rotatable bonds is 5. The number of carboxylic acids is 1. The minimum atomic E-state index is -1.61. The Labute approximate surface area is 114 Å². The summed E-state index contributed by atoms with van der Waals surface area (Å²) in [7, 11) is 0. The summed E-state index contributed by atoms with van der Waals surface area (Å²) in [6, 6.07) is 3.95. The molecular weight excluding hydrogens is 277 g/mol. The van der Waals surface area contributed by atoms with Crippen molar-refractivity contribution in [1.29, 1.82) is 0 Å². The first-order valence-corrected chi connectivity index (χ1v) is 5.77. The molecule has 1 amide bonds. The smallest absolute Gasteiger partial charge is 0.306 e. The number of nitrogens with one attached hydrogen (secondary N) is 1. The van der Waals surface area contributed by atoms with E-state index in [0.29, 0.717) is 0 Å². The number of benzene rings is 1. The Hall–Kier alpha value is -1.66. The van der Waals surface area contributed by atoms with E-state index in [1.165, 1.54) is 25.1 Å². The van der Waals surface area contributed by atoms with Gasteiger partial charge in [0.1, 0.15) is 0 Å². The molecule has 104 valence electrons. The number of hydrogen-bond acceptors (Lipinski definition) is 3. The van der Waals surface area contributed by atoms with E-state index in [1.807, 2.05) is 0 Å². The molecule has 0 spiro atoms. The van der Waals surface area contributed by atoms with Crippen LogP contribution in [0, 0.1) is 5.82 Å². The van der Waals surface area contributed by atoms with E-state index in [9.17, 15) is 19.1 Å². The van der Waals surface area contributed by atoms with Gasteiger partial charge in [0.05, 0.1) is 22.6 Å². The number of aliphatic hydroxyl groups is 1. The average molecular weight is 290 g/mol. The molecule has 0 saturated heterocycles. The largest absolute Gasteiger partial charge is 0.481 e. The summed E-state index contributed by atoms with van der Waals surface area (Å²) in [5, 5.41) is 20.3. The highest BCUT2D eigenvalue weighted by atomic mass is 35.5. The maximum absolute atomic E-state index is 13.5. The van der Waals surface area contributed by atoms with Crippen LogP contribution >= 0.6 is 11.6 Å². The second kappa shape index (κ2) is 5.99. The van der Waals surface area contributed by atoms with Crippen molar-refractivity contribution in [1.82, 2.24) is 5.32 Å². The van der Waals surface area contributed by atoms with Crippen LogP contribution in [-0.4, -0.2) is 34.2 Å². The van der Waals surface area contributed by atoms with E-state index in [2.05, 4.69) is 5.32 Å². The molecule has 1 atom stereocenters. The van der Waals surface area contributed by atoms with Gasteiger partial charge in [0.2, 0.25) is 0 Å². The molecule has 0 fully saturated rings. The van der Waals surface area contributed by atoms with Crippen LogP contribution in [0.1, 0.15) is 23.7 Å². The monoisotopic (exact) mass is 289 g/mol. The Balaban J connectivity index is 2.71. The Kier molecular flexibility index (Phi) is 4.85. The van der Waals surface area contributed by atoms with E-state index in [-0.39, 0.29) is 17.1 Å².